The molecule has 4 rings (SSSR count). The molecule has 0 aliphatic carbocycles. The van der Waals surface area contributed by atoms with Gasteiger partial charge < -0.3 is 19.4 Å². The molecule has 0 atom stereocenters. The molecule has 0 bridgehead atoms. The third-order valence-corrected chi connectivity index (χ3v) is 5.84. The van der Waals surface area contributed by atoms with Gasteiger partial charge in [-0.25, -0.2) is 4.98 Å². The summed E-state index contributed by atoms with van der Waals surface area (Å²) in [6, 6.07) is 23.4. The van der Waals surface area contributed by atoms with Gasteiger partial charge in [-0.15, -0.1) is 6.58 Å². The van der Waals surface area contributed by atoms with Crippen molar-refractivity contribution in [2.75, 3.05) is 20.3 Å². The fourth-order valence-corrected chi connectivity index (χ4v) is 4.15. The zero-order valence-electron chi connectivity index (χ0n) is 20.1. The van der Waals surface area contributed by atoms with E-state index in [0.717, 1.165) is 47.6 Å². The molecule has 0 spiro atoms. The summed E-state index contributed by atoms with van der Waals surface area (Å²) in [4.78, 5) is 17.5. The molecule has 0 aliphatic heterocycles. The van der Waals surface area contributed by atoms with Crippen LogP contribution in [0.3, 0.4) is 0 Å². The number of hydrogen-bond donors (Lipinski definition) is 1. The van der Waals surface area contributed by atoms with Crippen LogP contribution in [0.1, 0.15) is 28.2 Å². The molecule has 4 aromatic rings. The number of rotatable bonds is 12. The van der Waals surface area contributed by atoms with Crippen molar-refractivity contribution in [3.63, 3.8) is 0 Å². The van der Waals surface area contributed by atoms with Gasteiger partial charge in [-0.1, -0.05) is 48.5 Å². The summed E-state index contributed by atoms with van der Waals surface area (Å²) in [5.74, 6) is 2.25. The molecular formula is C29H31N3O3. The number of imidazole rings is 1. The van der Waals surface area contributed by atoms with Gasteiger partial charge in [0.2, 0.25) is 0 Å². The van der Waals surface area contributed by atoms with E-state index < -0.39 is 0 Å². The molecule has 0 aliphatic rings. The monoisotopic (exact) mass is 469 g/mol. The van der Waals surface area contributed by atoms with Crippen LogP contribution in [-0.4, -0.2) is 35.7 Å². The third-order valence-electron chi connectivity index (χ3n) is 5.84. The first-order valence-electron chi connectivity index (χ1n) is 11.9. The highest BCUT2D eigenvalue weighted by Crippen LogP contribution is 2.21. The summed E-state index contributed by atoms with van der Waals surface area (Å²) < 4.78 is 13.6. The number of fused-ring (bicyclic) bond motifs is 1. The Labute approximate surface area is 206 Å². The molecule has 6 nitrogen and oxygen atoms in total. The van der Waals surface area contributed by atoms with E-state index in [0.29, 0.717) is 30.9 Å². The number of nitrogens with zero attached hydrogens (tertiary/aromatic N) is 2. The minimum Gasteiger partial charge on any atom is -0.496 e. The number of carbonyl (C=O) groups excluding carboxylic acids is 1. The zero-order valence-corrected chi connectivity index (χ0v) is 20.1. The largest absolute Gasteiger partial charge is 0.496 e. The van der Waals surface area contributed by atoms with Gasteiger partial charge in [0, 0.05) is 19.5 Å². The van der Waals surface area contributed by atoms with E-state index in [1.807, 2.05) is 54.6 Å². The lowest BCUT2D eigenvalue weighted by atomic mass is 10.1. The van der Waals surface area contributed by atoms with Crippen molar-refractivity contribution in [1.29, 1.82) is 0 Å². The van der Waals surface area contributed by atoms with E-state index in [9.17, 15) is 4.79 Å². The van der Waals surface area contributed by atoms with Crippen molar-refractivity contribution in [3.8, 4) is 11.5 Å². The number of para-hydroxylation sites is 4. The fraction of sp³-hybridized carbons (Fsp3) is 0.241. The number of methoxy groups -OCH3 is 1. The van der Waals surface area contributed by atoms with Crippen molar-refractivity contribution in [2.45, 2.75) is 25.8 Å². The number of aryl methyl sites for hydroxylation is 1. The van der Waals surface area contributed by atoms with E-state index in [1.54, 1.807) is 19.2 Å². The topological polar surface area (TPSA) is 65.4 Å². The highest BCUT2D eigenvalue weighted by Gasteiger charge is 2.13. The minimum absolute atomic E-state index is 0.156. The summed E-state index contributed by atoms with van der Waals surface area (Å²) in [5.41, 5.74) is 3.71. The van der Waals surface area contributed by atoms with Crippen LogP contribution >= 0.6 is 0 Å². The van der Waals surface area contributed by atoms with Crippen LogP contribution in [0.2, 0.25) is 0 Å². The van der Waals surface area contributed by atoms with E-state index >= 15 is 0 Å². The number of ether oxygens (including phenoxy) is 2. The van der Waals surface area contributed by atoms with Crippen LogP contribution in [0.15, 0.2) is 85.5 Å². The van der Waals surface area contributed by atoms with Crippen molar-refractivity contribution >= 4 is 16.9 Å². The summed E-state index contributed by atoms with van der Waals surface area (Å²) in [7, 11) is 1.57. The second-order valence-corrected chi connectivity index (χ2v) is 8.18. The van der Waals surface area contributed by atoms with Crippen LogP contribution < -0.4 is 14.8 Å². The van der Waals surface area contributed by atoms with Gasteiger partial charge in [-0.3, -0.25) is 4.79 Å². The Hall–Kier alpha value is -4.06. The molecule has 0 saturated carbocycles. The number of allylic oxidation sites excluding steroid dienone is 1. The van der Waals surface area contributed by atoms with Crippen LogP contribution in [0.5, 0.6) is 11.5 Å². The van der Waals surface area contributed by atoms with Crippen molar-refractivity contribution < 1.29 is 14.3 Å². The summed E-state index contributed by atoms with van der Waals surface area (Å²) in [6.07, 6.45) is 4.13. The Balaban J connectivity index is 1.39. The molecule has 0 radical (unpaired) electrons. The highest BCUT2D eigenvalue weighted by molar-refractivity contribution is 5.96. The normalized spacial score (nSPS) is 10.8. The maximum atomic E-state index is 12.7. The maximum Gasteiger partial charge on any atom is 0.255 e. The predicted molar refractivity (Wildman–Crippen MR) is 139 cm³/mol. The molecular weight excluding hydrogens is 438 g/mol. The Morgan fingerprint density at radius 1 is 1.03 bits per heavy atom. The average molecular weight is 470 g/mol. The van der Waals surface area contributed by atoms with E-state index in [1.165, 1.54) is 0 Å². The SMILES string of the molecule is C=CCc1ccccc1OCCCn1c(CCNC(=O)c2ccccc2OC)nc2ccccc21. The highest BCUT2D eigenvalue weighted by atomic mass is 16.5. The Morgan fingerprint density at radius 3 is 2.60 bits per heavy atom. The van der Waals surface area contributed by atoms with Crippen LogP contribution in [-0.2, 0) is 19.4 Å². The molecule has 6 heteroatoms. The molecule has 1 amide bonds. The van der Waals surface area contributed by atoms with E-state index in [4.69, 9.17) is 14.5 Å². The number of aromatic nitrogens is 2. The fourth-order valence-electron chi connectivity index (χ4n) is 4.15. The first-order chi connectivity index (χ1) is 17.2. The number of carbonyl (C=O) groups is 1. The van der Waals surface area contributed by atoms with Crippen molar-refractivity contribution in [3.05, 3.63) is 102 Å². The third kappa shape index (κ3) is 5.90. The molecule has 1 N–H and O–H groups in total. The van der Waals surface area contributed by atoms with Crippen LogP contribution in [0.4, 0.5) is 0 Å². The van der Waals surface area contributed by atoms with Gasteiger partial charge >= 0.3 is 0 Å². The molecule has 3 aromatic carbocycles. The lowest BCUT2D eigenvalue weighted by Gasteiger charge is -2.13. The molecule has 1 aromatic heterocycles. The van der Waals surface area contributed by atoms with Crippen LogP contribution in [0.25, 0.3) is 11.0 Å². The second kappa shape index (κ2) is 11.9. The quantitative estimate of drug-likeness (QED) is 0.228. The van der Waals surface area contributed by atoms with Crippen molar-refractivity contribution in [1.82, 2.24) is 14.9 Å². The van der Waals surface area contributed by atoms with E-state index in [-0.39, 0.29) is 5.91 Å². The standard InChI is InChI=1S/C29H31N3O3/c1-3-11-22-12-4-8-16-26(22)35-21-10-20-32-25-15-7-6-14-24(25)31-28(32)18-19-30-29(33)23-13-5-9-17-27(23)34-2/h3-9,12-17H,1,10-11,18-21H2,2H3,(H,30,33). The van der Waals surface area contributed by atoms with E-state index in [2.05, 4.69) is 28.6 Å². The van der Waals surface area contributed by atoms with Gasteiger partial charge in [0.1, 0.15) is 17.3 Å². The minimum atomic E-state index is -0.156. The number of amides is 1. The van der Waals surface area contributed by atoms with Gasteiger partial charge in [-0.2, -0.15) is 0 Å². The summed E-state index contributed by atoms with van der Waals surface area (Å²) >= 11 is 0. The first kappa shape index (κ1) is 24.1. The Morgan fingerprint density at radius 2 is 1.77 bits per heavy atom. The number of hydrogen-bond acceptors (Lipinski definition) is 4. The summed E-state index contributed by atoms with van der Waals surface area (Å²) in [6.45, 7) is 5.69. The van der Waals surface area contributed by atoms with Gasteiger partial charge in [0.25, 0.3) is 5.91 Å². The predicted octanol–water partition coefficient (Wildman–Crippen LogP) is 5.22. The Bertz CT molecular complexity index is 1300. The molecule has 180 valence electrons. The maximum absolute atomic E-state index is 12.7. The average Bonchev–Trinajstić information content (AvgIpc) is 3.24. The van der Waals surface area contributed by atoms with Gasteiger partial charge in [0.15, 0.2) is 0 Å². The lowest BCUT2D eigenvalue weighted by molar-refractivity contribution is 0.0951. The molecule has 0 unspecified atom stereocenters. The van der Waals surface area contributed by atoms with Gasteiger partial charge in [-0.05, 0) is 48.7 Å². The zero-order chi connectivity index (χ0) is 24.5. The number of nitrogens with one attached hydrogen (secondary N) is 1. The molecule has 35 heavy (non-hydrogen) atoms. The number of benzene rings is 3. The van der Waals surface area contributed by atoms with Gasteiger partial charge in [0.05, 0.1) is 30.3 Å². The first-order valence-corrected chi connectivity index (χ1v) is 11.9. The lowest BCUT2D eigenvalue weighted by Crippen LogP contribution is -2.27. The molecule has 0 saturated heterocycles. The van der Waals surface area contributed by atoms with Crippen molar-refractivity contribution in [2.24, 2.45) is 0 Å². The molecule has 0 fully saturated rings. The second-order valence-electron chi connectivity index (χ2n) is 8.18. The Kier molecular flexibility index (Phi) is 8.17. The summed E-state index contributed by atoms with van der Waals surface area (Å²) in [5, 5.41) is 3.00. The van der Waals surface area contributed by atoms with Crippen LogP contribution in [0, 0.1) is 0 Å². The smallest absolute Gasteiger partial charge is 0.255 e. The molecule has 1 heterocycles.